The molecule has 1 atom stereocenters. The second-order valence-corrected chi connectivity index (χ2v) is 10.1. The van der Waals surface area contributed by atoms with Crippen molar-refractivity contribution in [3.63, 3.8) is 0 Å². The zero-order valence-corrected chi connectivity index (χ0v) is 23.9. The number of carbonyl (C=O) groups excluding carboxylic acids is 1. The fraction of sp³-hybridized carbons (Fsp3) is 0.345. The van der Waals surface area contributed by atoms with Gasteiger partial charge in [-0.2, -0.15) is 4.98 Å². The summed E-state index contributed by atoms with van der Waals surface area (Å²) in [4.78, 5) is 35.2. The standard InChI is InChI=1S/C29H33ClN8O3/c1-40-24-6-5-21(14-25(24)41-2)7-9-33-28(39)15-23-19-36(18-22-4-3-8-31-17-22)12-13-38(23)27-16-26(30)34-29(35-27)37-11-10-32-20-37/h3-6,8,10-11,14,16-17,20,23H,7,9,12-13,15,18-19H2,1-2H3,(H,33,39). The van der Waals surface area contributed by atoms with E-state index in [-0.39, 0.29) is 11.9 Å². The Labute approximate surface area is 244 Å². The molecule has 0 aliphatic carbocycles. The van der Waals surface area contributed by atoms with E-state index in [0.29, 0.717) is 60.9 Å². The van der Waals surface area contributed by atoms with E-state index in [2.05, 4.69) is 36.1 Å². The molecule has 1 aromatic carbocycles. The largest absolute Gasteiger partial charge is 0.493 e. The van der Waals surface area contributed by atoms with E-state index < -0.39 is 0 Å². The Kier molecular flexibility index (Phi) is 9.27. The predicted octanol–water partition coefficient (Wildman–Crippen LogP) is 3.17. The molecule has 4 heterocycles. The Morgan fingerprint density at radius 1 is 1.05 bits per heavy atom. The maximum Gasteiger partial charge on any atom is 0.238 e. The zero-order valence-electron chi connectivity index (χ0n) is 23.1. The van der Waals surface area contributed by atoms with Crippen LogP contribution < -0.4 is 19.7 Å². The maximum absolute atomic E-state index is 13.2. The highest BCUT2D eigenvalue weighted by Crippen LogP contribution is 2.28. The van der Waals surface area contributed by atoms with Crippen molar-refractivity contribution in [2.45, 2.75) is 25.4 Å². The van der Waals surface area contributed by atoms with Crippen LogP contribution in [0, 0.1) is 0 Å². The predicted molar refractivity (Wildman–Crippen MR) is 156 cm³/mol. The van der Waals surface area contributed by atoms with Crippen molar-refractivity contribution < 1.29 is 14.3 Å². The van der Waals surface area contributed by atoms with Crippen LogP contribution in [0.5, 0.6) is 11.5 Å². The Hall–Kier alpha value is -4.22. The number of carbonyl (C=O) groups is 1. The Morgan fingerprint density at radius 2 is 1.93 bits per heavy atom. The minimum absolute atomic E-state index is 0.0290. The van der Waals surface area contributed by atoms with E-state index in [4.69, 9.17) is 26.1 Å². The first-order valence-electron chi connectivity index (χ1n) is 13.4. The number of imidazole rings is 1. The normalized spacial score (nSPS) is 15.5. The van der Waals surface area contributed by atoms with Crippen LogP contribution in [0.3, 0.4) is 0 Å². The summed E-state index contributed by atoms with van der Waals surface area (Å²) in [6, 6.07) is 11.4. The molecule has 0 radical (unpaired) electrons. The highest BCUT2D eigenvalue weighted by Gasteiger charge is 2.30. The lowest BCUT2D eigenvalue weighted by Crippen LogP contribution is -2.54. The maximum atomic E-state index is 13.2. The molecule has 0 bridgehead atoms. The van der Waals surface area contributed by atoms with Crippen molar-refractivity contribution in [1.29, 1.82) is 0 Å². The number of piperazine rings is 1. The number of methoxy groups -OCH3 is 2. The van der Waals surface area contributed by atoms with Gasteiger partial charge in [0.2, 0.25) is 11.9 Å². The molecule has 41 heavy (non-hydrogen) atoms. The molecular weight excluding hydrogens is 544 g/mol. The van der Waals surface area contributed by atoms with E-state index in [0.717, 1.165) is 24.2 Å². The van der Waals surface area contributed by atoms with Gasteiger partial charge < -0.3 is 19.7 Å². The van der Waals surface area contributed by atoms with Crippen LogP contribution in [-0.4, -0.2) is 81.8 Å². The molecular formula is C29H33ClN8O3. The minimum atomic E-state index is -0.122. The monoisotopic (exact) mass is 576 g/mol. The molecule has 214 valence electrons. The van der Waals surface area contributed by atoms with Crippen LogP contribution in [0.15, 0.2) is 67.5 Å². The molecule has 11 nitrogen and oxygen atoms in total. The van der Waals surface area contributed by atoms with E-state index in [1.807, 2.05) is 30.5 Å². The molecule has 1 N–H and O–H groups in total. The van der Waals surface area contributed by atoms with Crippen LogP contribution in [0.1, 0.15) is 17.5 Å². The van der Waals surface area contributed by atoms with Gasteiger partial charge in [0, 0.05) is 70.0 Å². The number of anilines is 1. The SMILES string of the molecule is COc1ccc(CCNC(=O)CC2CN(Cc3cccnc3)CCN2c2cc(Cl)nc(-n3ccnc3)n2)cc1OC. The third-order valence-electron chi connectivity index (χ3n) is 7.00. The number of ether oxygens (including phenoxy) is 2. The first kappa shape index (κ1) is 28.3. The number of hydrogen-bond donors (Lipinski definition) is 1. The third-order valence-corrected chi connectivity index (χ3v) is 7.19. The Balaban J connectivity index is 1.28. The highest BCUT2D eigenvalue weighted by atomic mass is 35.5. The van der Waals surface area contributed by atoms with Crippen LogP contribution in [0.25, 0.3) is 5.95 Å². The van der Waals surface area contributed by atoms with Crippen LogP contribution in [-0.2, 0) is 17.8 Å². The molecule has 0 spiro atoms. The van der Waals surface area contributed by atoms with Gasteiger partial charge in [-0.15, -0.1) is 0 Å². The lowest BCUT2D eigenvalue weighted by molar-refractivity contribution is -0.121. The average molecular weight is 577 g/mol. The summed E-state index contributed by atoms with van der Waals surface area (Å²) >= 11 is 6.42. The van der Waals surface area contributed by atoms with Crippen molar-refractivity contribution in [1.82, 2.24) is 34.7 Å². The molecule has 4 aromatic rings. The second-order valence-electron chi connectivity index (χ2n) is 9.76. The number of rotatable bonds is 11. The summed E-state index contributed by atoms with van der Waals surface area (Å²) in [5.74, 6) is 2.42. The summed E-state index contributed by atoms with van der Waals surface area (Å²) in [6.07, 6.45) is 9.68. The summed E-state index contributed by atoms with van der Waals surface area (Å²) in [7, 11) is 3.22. The summed E-state index contributed by atoms with van der Waals surface area (Å²) < 4.78 is 12.4. The second kappa shape index (κ2) is 13.4. The molecule has 1 aliphatic heterocycles. The smallest absolute Gasteiger partial charge is 0.238 e. The summed E-state index contributed by atoms with van der Waals surface area (Å²) in [5, 5.41) is 3.42. The number of halogens is 1. The molecule has 12 heteroatoms. The van der Waals surface area contributed by atoms with E-state index in [1.54, 1.807) is 49.8 Å². The van der Waals surface area contributed by atoms with Crippen molar-refractivity contribution in [2.24, 2.45) is 0 Å². The van der Waals surface area contributed by atoms with Gasteiger partial charge in [0.1, 0.15) is 17.3 Å². The zero-order chi connectivity index (χ0) is 28.6. The molecule has 0 saturated carbocycles. The molecule has 3 aromatic heterocycles. The molecule has 5 rings (SSSR count). The Bertz CT molecular complexity index is 1440. The summed E-state index contributed by atoms with van der Waals surface area (Å²) in [5.41, 5.74) is 2.18. The van der Waals surface area contributed by atoms with Gasteiger partial charge in [0.05, 0.1) is 20.3 Å². The number of nitrogens with one attached hydrogen (secondary N) is 1. The Morgan fingerprint density at radius 3 is 2.68 bits per heavy atom. The number of aromatic nitrogens is 5. The molecule has 1 unspecified atom stereocenters. The van der Waals surface area contributed by atoms with E-state index >= 15 is 0 Å². The number of nitrogens with zero attached hydrogens (tertiary/aromatic N) is 7. The number of hydrogen-bond acceptors (Lipinski definition) is 9. The van der Waals surface area contributed by atoms with Crippen LogP contribution in [0.2, 0.25) is 5.15 Å². The number of pyridine rings is 1. The van der Waals surface area contributed by atoms with Gasteiger partial charge in [-0.1, -0.05) is 23.7 Å². The van der Waals surface area contributed by atoms with Gasteiger partial charge in [0.15, 0.2) is 11.5 Å². The van der Waals surface area contributed by atoms with Crippen molar-refractivity contribution >= 4 is 23.3 Å². The lowest BCUT2D eigenvalue weighted by atomic mass is 10.1. The topological polar surface area (TPSA) is 111 Å². The number of amides is 1. The minimum Gasteiger partial charge on any atom is -0.493 e. The first-order chi connectivity index (χ1) is 20.0. The van der Waals surface area contributed by atoms with Crippen molar-refractivity contribution in [3.05, 3.63) is 83.8 Å². The quantitative estimate of drug-likeness (QED) is 0.269. The van der Waals surface area contributed by atoms with Gasteiger partial charge in [0.25, 0.3) is 0 Å². The van der Waals surface area contributed by atoms with Crippen molar-refractivity contribution in [2.75, 3.05) is 45.3 Å². The van der Waals surface area contributed by atoms with E-state index in [1.165, 1.54) is 0 Å². The number of benzene rings is 1. The highest BCUT2D eigenvalue weighted by molar-refractivity contribution is 6.29. The molecule has 1 amide bonds. The third kappa shape index (κ3) is 7.30. The average Bonchev–Trinajstić information content (AvgIpc) is 3.53. The van der Waals surface area contributed by atoms with Gasteiger partial charge in [-0.3, -0.25) is 19.2 Å². The van der Waals surface area contributed by atoms with Crippen molar-refractivity contribution in [3.8, 4) is 17.4 Å². The van der Waals surface area contributed by atoms with Gasteiger partial charge in [-0.05, 0) is 35.7 Å². The first-order valence-corrected chi connectivity index (χ1v) is 13.8. The van der Waals surface area contributed by atoms with Gasteiger partial charge >= 0.3 is 0 Å². The molecule has 1 fully saturated rings. The van der Waals surface area contributed by atoms with E-state index in [9.17, 15) is 4.79 Å². The fourth-order valence-electron chi connectivity index (χ4n) is 4.99. The molecule has 1 saturated heterocycles. The summed E-state index contributed by atoms with van der Waals surface area (Å²) in [6.45, 7) is 3.42. The van der Waals surface area contributed by atoms with Crippen LogP contribution >= 0.6 is 11.6 Å². The fourth-order valence-corrected chi connectivity index (χ4v) is 5.17. The molecule has 1 aliphatic rings. The van der Waals surface area contributed by atoms with Gasteiger partial charge in [-0.25, -0.2) is 9.97 Å². The lowest BCUT2D eigenvalue weighted by Gasteiger charge is -2.42. The van der Waals surface area contributed by atoms with Crippen LogP contribution in [0.4, 0.5) is 5.82 Å².